The largest absolute Gasteiger partial charge is 0.462 e. The van der Waals surface area contributed by atoms with Crippen molar-refractivity contribution in [2.45, 2.75) is 52.6 Å². The van der Waals surface area contributed by atoms with Crippen molar-refractivity contribution in [1.29, 1.82) is 0 Å². The number of hydrogen-bond acceptors (Lipinski definition) is 6. The first-order valence-corrected chi connectivity index (χ1v) is 9.47. The zero-order chi connectivity index (χ0) is 21.1. The molecule has 0 N–H and O–H groups in total. The second-order valence-electron chi connectivity index (χ2n) is 8.05. The van der Waals surface area contributed by atoms with Gasteiger partial charge in [-0.15, -0.1) is 0 Å². The monoisotopic (exact) mass is 392 g/mol. The number of carbonyl (C=O) groups excluding carboxylic acids is 2. The molecule has 1 saturated heterocycles. The average Bonchev–Trinajstić information content (AvgIpc) is 2.59. The van der Waals surface area contributed by atoms with Crippen LogP contribution in [0.25, 0.3) is 0 Å². The van der Waals surface area contributed by atoms with E-state index < -0.39 is 16.5 Å². The van der Waals surface area contributed by atoms with Gasteiger partial charge in [-0.1, -0.05) is 13.0 Å². The predicted molar refractivity (Wildman–Crippen MR) is 103 cm³/mol. The summed E-state index contributed by atoms with van der Waals surface area (Å²) in [5.74, 6) is -0.514. The number of hydrogen-bond donors (Lipinski definition) is 0. The molecule has 1 amide bonds. The van der Waals surface area contributed by atoms with Gasteiger partial charge in [-0.2, -0.15) is 0 Å². The maximum atomic E-state index is 12.3. The van der Waals surface area contributed by atoms with Gasteiger partial charge in [0.05, 0.1) is 11.5 Å². The molecule has 1 fully saturated rings. The lowest BCUT2D eigenvalue weighted by atomic mass is 9.81. The summed E-state index contributed by atoms with van der Waals surface area (Å²) in [6, 6.07) is 4.60. The smallest absolute Gasteiger partial charge is 0.410 e. The summed E-state index contributed by atoms with van der Waals surface area (Å²) < 4.78 is 10.4. The van der Waals surface area contributed by atoms with Crippen LogP contribution in [0.5, 0.6) is 0 Å². The number of nitro groups is 1. The highest BCUT2D eigenvalue weighted by Crippen LogP contribution is 2.35. The summed E-state index contributed by atoms with van der Waals surface area (Å²) in [5, 5.41) is 11.3. The third kappa shape index (κ3) is 5.21. The van der Waals surface area contributed by atoms with E-state index in [1.54, 1.807) is 24.0 Å². The minimum Gasteiger partial charge on any atom is -0.462 e. The molecule has 0 bridgehead atoms. The van der Waals surface area contributed by atoms with Gasteiger partial charge >= 0.3 is 12.1 Å². The Bertz CT molecular complexity index is 756. The number of ether oxygens (including phenoxy) is 2. The second-order valence-corrected chi connectivity index (χ2v) is 8.05. The van der Waals surface area contributed by atoms with E-state index in [0.717, 1.165) is 5.56 Å². The van der Waals surface area contributed by atoms with Gasteiger partial charge in [0.15, 0.2) is 0 Å². The van der Waals surface area contributed by atoms with Crippen LogP contribution < -0.4 is 0 Å². The Kier molecular flexibility index (Phi) is 6.64. The van der Waals surface area contributed by atoms with Gasteiger partial charge in [0.2, 0.25) is 0 Å². The van der Waals surface area contributed by atoms with Crippen molar-refractivity contribution >= 4 is 17.7 Å². The van der Waals surface area contributed by atoms with Crippen LogP contribution in [0.15, 0.2) is 18.2 Å². The first kappa shape index (κ1) is 21.7. The maximum Gasteiger partial charge on any atom is 0.410 e. The van der Waals surface area contributed by atoms with Gasteiger partial charge in [0.1, 0.15) is 11.2 Å². The molecule has 2 rings (SSSR count). The molecule has 1 unspecified atom stereocenters. The van der Waals surface area contributed by atoms with Crippen molar-refractivity contribution in [3.8, 4) is 0 Å². The normalized spacial score (nSPS) is 19.8. The fourth-order valence-electron chi connectivity index (χ4n) is 3.45. The van der Waals surface area contributed by atoms with Crippen LogP contribution in [-0.2, 0) is 9.47 Å². The Morgan fingerprint density at radius 3 is 2.54 bits per heavy atom. The molecular formula is C20H28N2O6. The topological polar surface area (TPSA) is 99.0 Å². The Hall–Kier alpha value is -2.64. The first-order chi connectivity index (χ1) is 13.0. The van der Waals surface area contributed by atoms with Crippen molar-refractivity contribution in [1.82, 2.24) is 4.90 Å². The molecule has 8 heteroatoms. The van der Waals surface area contributed by atoms with Crippen molar-refractivity contribution in [3.05, 3.63) is 39.4 Å². The molecule has 154 valence electrons. The molecule has 2 atom stereocenters. The Morgan fingerprint density at radius 2 is 2.00 bits per heavy atom. The molecule has 8 nitrogen and oxygen atoms in total. The van der Waals surface area contributed by atoms with Crippen LogP contribution in [0.3, 0.4) is 0 Å². The van der Waals surface area contributed by atoms with E-state index in [-0.39, 0.29) is 35.8 Å². The van der Waals surface area contributed by atoms with E-state index in [2.05, 4.69) is 0 Å². The Balaban J connectivity index is 2.20. The minimum atomic E-state index is -0.699. The lowest BCUT2D eigenvalue weighted by molar-refractivity contribution is -0.385. The molecule has 1 heterocycles. The SMILES string of the molecule is CCOC(=O)c1cc(C2CCN(C(=O)OC(C)(C)C)C[C@@H]2C)ccc1[N+](=O)[O-]. The molecule has 0 spiro atoms. The van der Waals surface area contributed by atoms with Crippen LogP contribution >= 0.6 is 0 Å². The van der Waals surface area contributed by atoms with Gasteiger partial charge in [-0.3, -0.25) is 10.1 Å². The highest BCUT2D eigenvalue weighted by Gasteiger charge is 2.33. The second kappa shape index (κ2) is 8.58. The van der Waals surface area contributed by atoms with E-state index in [4.69, 9.17) is 9.47 Å². The van der Waals surface area contributed by atoms with E-state index in [9.17, 15) is 19.7 Å². The number of nitro benzene ring substituents is 1. The molecule has 28 heavy (non-hydrogen) atoms. The van der Waals surface area contributed by atoms with Crippen LogP contribution in [0.1, 0.15) is 62.9 Å². The zero-order valence-corrected chi connectivity index (χ0v) is 17.1. The molecular weight excluding hydrogens is 364 g/mol. The molecule has 0 saturated carbocycles. The summed E-state index contributed by atoms with van der Waals surface area (Å²) in [5.41, 5.74) is -0.0125. The summed E-state index contributed by atoms with van der Waals surface area (Å²) in [4.78, 5) is 36.8. The fourth-order valence-corrected chi connectivity index (χ4v) is 3.45. The molecule has 0 radical (unpaired) electrons. The van der Waals surface area contributed by atoms with E-state index in [1.165, 1.54) is 6.07 Å². The number of esters is 1. The van der Waals surface area contributed by atoms with Crippen LogP contribution in [-0.4, -0.2) is 47.2 Å². The number of piperidine rings is 1. The van der Waals surface area contributed by atoms with Gasteiger partial charge in [0, 0.05) is 19.2 Å². The number of benzene rings is 1. The zero-order valence-electron chi connectivity index (χ0n) is 17.1. The average molecular weight is 392 g/mol. The van der Waals surface area contributed by atoms with E-state index in [0.29, 0.717) is 19.5 Å². The Labute approximate surface area is 164 Å². The fraction of sp³-hybridized carbons (Fsp3) is 0.600. The molecule has 1 aromatic carbocycles. The van der Waals surface area contributed by atoms with Gasteiger partial charge < -0.3 is 14.4 Å². The third-order valence-corrected chi connectivity index (χ3v) is 4.70. The molecule has 0 aliphatic carbocycles. The van der Waals surface area contributed by atoms with Crippen molar-refractivity contribution in [3.63, 3.8) is 0 Å². The quantitative estimate of drug-likeness (QED) is 0.434. The number of likely N-dealkylation sites (tertiary alicyclic amines) is 1. The number of amides is 1. The molecule has 1 aliphatic rings. The van der Waals surface area contributed by atoms with Crippen molar-refractivity contribution < 1.29 is 24.0 Å². The minimum absolute atomic E-state index is 0.0360. The Morgan fingerprint density at radius 1 is 1.32 bits per heavy atom. The van der Waals surface area contributed by atoms with Crippen molar-refractivity contribution in [2.24, 2.45) is 5.92 Å². The summed E-state index contributed by atoms with van der Waals surface area (Å²) in [6.45, 7) is 10.3. The lowest BCUT2D eigenvalue weighted by Crippen LogP contribution is -2.44. The predicted octanol–water partition coefficient (Wildman–Crippen LogP) is 4.13. The first-order valence-electron chi connectivity index (χ1n) is 9.47. The van der Waals surface area contributed by atoms with E-state index >= 15 is 0 Å². The number of carbonyl (C=O) groups is 2. The molecule has 1 aromatic rings. The van der Waals surface area contributed by atoms with E-state index in [1.807, 2.05) is 27.7 Å². The molecule has 1 aliphatic heterocycles. The summed E-state index contributed by atoms with van der Waals surface area (Å²) in [6.07, 6.45) is 0.342. The summed E-state index contributed by atoms with van der Waals surface area (Å²) in [7, 11) is 0. The molecule has 0 aromatic heterocycles. The van der Waals surface area contributed by atoms with Crippen LogP contribution in [0, 0.1) is 16.0 Å². The van der Waals surface area contributed by atoms with Gasteiger partial charge in [-0.25, -0.2) is 9.59 Å². The highest BCUT2D eigenvalue weighted by molar-refractivity contribution is 5.94. The van der Waals surface area contributed by atoms with Crippen LogP contribution in [0.4, 0.5) is 10.5 Å². The third-order valence-electron chi connectivity index (χ3n) is 4.70. The number of nitrogens with zero attached hydrogens (tertiary/aromatic N) is 2. The highest BCUT2D eigenvalue weighted by atomic mass is 16.6. The lowest BCUT2D eigenvalue weighted by Gasteiger charge is -2.37. The summed E-state index contributed by atoms with van der Waals surface area (Å²) >= 11 is 0. The maximum absolute atomic E-state index is 12.3. The van der Waals surface area contributed by atoms with Crippen LogP contribution in [0.2, 0.25) is 0 Å². The number of rotatable bonds is 4. The standard InChI is InChI=1S/C20H28N2O6/c1-6-27-18(23)16-11-14(7-8-17(16)22(25)26)15-9-10-21(12-13(15)2)19(24)28-20(3,4)5/h7-8,11,13,15H,6,9-10,12H2,1-5H3/t13-,15?/m0/s1. The van der Waals surface area contributed by atoms with Crippen molar-refractivity contribution in [2.75, 3.05) is 19.7 Å². The van der Waals surface area contributed by atoms with Gasteiger partial charge in [-0.05, 0) is 57.6 Å². The van der Waals surface area contributed by atoms with Gasteiger partial charge in [0.25, 0.3) is 5.69 Å².